The van der Waals surface area contributed by atoms with Crippen LogP contribution < -0.4 is 5.32 Å². The van der Waals surface area contributed by atoms with Crippen molar-refractivity contribution < 1.29 is 9.53 Å². The minimum absolute atomic E-state index is 0.191. The van der Waals surface area contributed by atoms with E-state index in [1.165, 1.54) is 38.5 Å². The standard InChI is InChI=1S/C15H23NO2/c17-14(4-13-8-18-9-13)16-15-5-10-1-11(6-15)3-12(2-10)7-15/h10-13H,1-9H2,(H,16,17). The molecule has 3 nitrogen and oxygen atoms in total. The van der Waals surface area contributed by atoms with Crippen molar-refractivity contribution in [2.24, 2.45) is 23.7 Å². The van der Waals surface area contributed by atoms with E-state index in [1.807, 2.05) is 0 Å². The third-order valence-corrected chi connectivity index (χ3v) is 5.62. The van der Waals surface area contributed by atoms with Crippen molar-refractivity contribution in [3.8, 4) is 0 Å². The van der Waals surface area contributed by atoms with Crippen LogP contribution in [0.25, 0.3) is 0 Å². The summed E-state index contributed by atoms with van der Waals surface area (Å²) in [6.45, 7) is 1.57. The summed E-state index contributed by atoms with van der Waals surface area (Å²) < 4.78 is 5.15. The summed E-state index contributed by atoms with van der Waals surface area (Å²) in [6, 6.07) is 0. The molecule has 100 valence electrons. The first-order chi connectivity index (χ1) is 8.71. The lowest BCUT2D eigenvalue weighted by Gasteiger charge is -2.57. The Balaban J connectivity index is 1.42. The third-order valence-electron chi connectivity index (χ3n) is 5.62. The van der Waals surface area contributed by atoms with E-state index in [1.54, 1.807) is 0 Å². The van der Waals surface area contributed by atoms with E-state index in [4.69, 9.17) is 4.74 Å². The Kier molecular flexibility index (Phi) is 2.48. The van der Waals surface area contributed by atoms with Crippen molar-refractivity contribution in [2.75, 3.05) is 13.2 Å². The predicted molar refractivity (Wildman–Crippen MR) is 68.0 cm³/mol. The van der Waals surface area contributed by atoms with Gasteiger partial charge in [-0.3, -0.25) is 4.79 Å². The Labute approximate surface area is 109 Å². The van der Waals surface area contributed by atoms with Crippen molar-refractivity contribution >= 4 is 5.91 Å². The summed E-state index contributed by atoms with van der Waals surface area (Å²) in [6.07, 6.45) is 8.76. The van der Waals surface area contributed by atoms with Gasteiger partial charge in [0.25, 0.3) is 0 Å². The minimum Gasteiger partial charge on any atom is -0.381 e. The van der Waals surface area contributed by atoms with Gasteiger partial charge in [0.05, 0.1) is 13.2 Å². The molecule has 1 N–H and O–H groups in total. The van der Waals surface area contributed by atoms with Gasteiger partial charge < -0.3 is 10.1 Å². The summed E-state index contributed by atoms with van der Waals surface area (Å²) >= 11 is 0. The van der Waals surface area contributed by atoms with Gasteiger partial charge in [0.1, 0.15) is 0 Å². The van der Waals surface area contributed by atoms with E-state index in [-0.39, 0.29) is 11.4 Å². The first-order valence-corrected chi connectivity index (χ1v) is 7.59. The van der Waals surface area contributed by atoms with E-state index in [9.17, 15) is 4.79 Å². The van der Waals surface area contributed by atoms with Crippen molar-refractivity contribution in [3.63, 3.8) is 0 Å². The second kappa shape index (κ2) is 3.96. The number of carbonyl (C=O) groups is 1. The van der Waals surface area contributed by atoms with Gasteiger partial charge in [-0.1, -0.05) is 0 Å². The smallest absolute Gasteiger partial charge is 0.220 e. The highest BCUT2D eigenvalue weighted by Crippen LogP contribution is 2.55. The zero-order valence-electron chi connectivity index (χ0n) is 11.0. The Morgan fingerprint density at radius 2 is 1.61 bits per heavy atom. The maximum atomic E-state index is 12.2. The van der Waals surface area contributed by atoms with Gasteiger partial charge in [-0.15, -0.1) is 0 Å². The summed E-state index contributed by atoms with van der Waals surface area (Å²) in [5.41, 5.74) is 0.191. The molecule has 3 heteroatoms. The largest absolute Gasteiger partial charge is 0.381 e. The molecule has 1 aliphatic heterocycles. The molecular formula is C15H23NO2. The molecule has 0 atom stereocenters. The molecule has 4 aliphatic carbocycles. The summed E-state index contributed by atoms with van der Waals surface area (Å²) in [5.74, 6) is 3.49. The summed E-state index contributed by atoms with van der Waals surface area (Å²) in [5, 5.41) is 3.43. The molecule has 1 saturated heterocycles. The van der Waals surface area contributed by atoms with Gasteiger partial charge in [-0.05, 0) is 56.3 Å². The van der Waals surface area contributed by atoms with Gasteiger partial charge in [-0.25, -0.2) is 0 Å². The zero-order chi connectivity index (χ0) is 12.2. The lowest BCUT2D eigenvalue weighted by Crippen LogP contribution is -2.60. The number of rotatable bonds is 3. The molecule has 1 heterocycles. The average molecular weight is 249 g/mol. The van der Waals surface area contributed by atoms with E-state index < -0.39 is 0 Å². The van der Waals surface area contributed by atoms with Gasteiger partial charge in [0, 0.05) is 17.9 Å². The van der Waals surface area contributed by atoms with Crippen LogP contribution in [0.2, 0.25) is 0 Å². The van der Waals surface area contributed by atoms with E-state index >= 15 is 0 Å². The number of amides is 1. The highest BCUT2D eigenvalue weighted by molar-refractivity contribution is 5.77. The van der Waals surface area contributed by atoms with E-state index in [0.717, 1.165) is 31.0 Å². The van der Waals surface area contributed by atoms with Crippen LogP contribution in [0.5, 0.6) is 0 Å². The van der Waals surface area contributed by atoms with Crippen LogP contribution in [0.4, 0.5) is 0 Å². The predicted octanol–water partition coefficient (Wildman–Crippen LogP) is 2.11. The highest BCUT2D eigenvalue weighted by atomic mass is 16.5. The average Bonchev–Trinajstić information content (AvgIpc) is 2.20. The second-order valence-corrected chi connectivity index (χ2v) is 7.35. The Morgan fingerprint density at radius 3 is 2.06 bits per heavy atom. The lowest BCUT2D eigenvalue weighted by molar-refractivity contribution is -0.132. The quantitative estimate of drug-likeness (QED) is 0.832. The summed E-state index contributed by atoms with van der Waals surface area (Å²) in [4.78, 5) is 12.2. The fourth-order valence-corrected chi connectivity index (χ4v) is 5.28. The van der Waals surface area contributed by atoms with E-state index in [2.05, 4.69) is 5.32 Å². The normalized spacial score (nSPS) is 45.9. The number of carbonyl (C=O) groups excluding carboxylic acids is 1. The van der Waals surface area contributed by atoms with Crippen LogP contribution in [-0.2, 0) is 9.53 Å². The molecule has 0 aromatic rings. The van der Waals surface area contributed by atoms with Gasteiger partial charge in [0.15, 0.2) is 0 Å². The maximum absolute atomic E-state index is 12.2. The zero-order valence-corrected chi connectivity index (χ0v) is 11.0. The first-order valence-electron chi connectivity index (χ1n) is 7.59. The third kappa shape index (κ3) is 1.87. The fourth-order valence-electron chi connectivity index (χ4n) is 5.28. The molecular weight excluding hydrogens is 226 g/mol. The molecule has 4 bridgehead atoms. The van der Waals surface area contributed by atoms with Crippen LogP contribution >= 0.6 is 0 Å². The van der Waals surface area contributed by atoms with Crippen molar-refractivity contribution in [3.05, 3.63) is 0 Å². The second-order valence-electron chi connectivity index (χ2n) is 7.35. The van der Waals surface area contributed by atoms with Gasteiger partial charge >= 0.3 is 0 Å². The van der Waals surface area contributed by atoms with Crippen LogP contribution in [0.15, 0.2) is 0 Å². The van der Waals surface area contributed by atoms with Crippen molar-refractivity contribution in [2.45, 2.75) is 50.5 Å². The Bertz CT molecular complexity index is 326. The molecule has 0 unspecified atom stereocenters. The molecule has 5 fully saturated rings. The highest BCUT2D eigenvalue weighted by Gasteiger charge is 2.51. The number of hydrogen-bond donors (Lipinski definition) is 1. The molecule has 0 radical (unpaired) electrons. The Morgan fingerprint density at radius 1 is 1.06 bits per heavy atom. The molecule has 18 heavy (non-hydrogen) atoms. The fraction of sp³-hybridized carbons (Fsp3) is 0.933. The van der Waals surface area contributed by atoms with Gasteiger partial charge in [-0.2, -0.15) is 0 Å². The summed E-state index contributed by atoms with van der Waals surface area (Å²) in [7, 11) is 0. The molecule has 0 aromatic carbocycles. The molecule has 0 aromatic heterocycles. The number of hydrogen-bond acceptors (Lipinski definition) is 2. The minimum atomic E-state index is 0.191. The molecule has 0 spiro atoms. The Hall–Kier alpha value is -0.570. The van der Waals surface area contributed by atoms with Crippen LogP contribution in [-0.4, -0.2) is 24.7 Å². The van der Waals surface area contributed by atoms with Crippen LogP contribution in [0.3, 0.4) is 0 Å². The SMILES string of the molecule is O=C(CC1COC1)NC12CC3CC(CC(C3)C1)C2. The van der Waals surface area contributed by atoms with Crippen LogP contribution in [0, 0.1) is 23.7 Å². The lowest BCUT2D eigenvalue weighted by atomic mass is 9.53. The molecule has 1 amide bonds. The van der Waals surface area contributed by atoms with Gasteiger partial charge in [0.2, 0.25) is 5.91 Å². The maximum Gasteiger partial charge on any atom is 0.220 e. The van der Waals surface area contributed by atoms with Crippen molar-refractivity contribution in [1.29, 1.82) is 0 Å². The molecule has 4 saturated carbocycles. The topological polar surface area (TPSA) is 38.3 Å². The number of nitrogens with one attached hydrogen (secondary N) is 1. The van der Waals surface area contributed by atoms with Crippen LogP contribution in [0.1, 0.15) is 44.9 Å². The van der Waals surface area contributed by atoms with Crippen molar-refractivity contribution in [1.82, 2.24) is 5.32 Å². The molecule has 5 rings (SSSR count). The monoisotopic (exact) mass is 249 g/mol. The first kappa shape index (κ1) is 11.3. The molecule has 5 aliphatic rings. The van der Waals surface area contributed by atoms with E-state index in [0.29, 0.717) is 12.3 Å². The number of ether oxygens (including phenoxy) is 1.